The van der Waals surface area contributed by atoms with Gasteiger partial charge in [0.15, 0.2) is 0 Å². The monoisotopic (exact) mass is 403 g/mol. The summed E-state index contributed by atoms with van der Waals surface area (Å²) in [6.07, 6.45) is 0.735. The van der Waals surface area contributed by atoms with Gasteiger partial charge in [-0.25, -0.2) is 4.68 Å². The first-order valence-electron chi connectivity index (χ1n) is 8.46. The maximum Gasteiger partial charge on any atom is 0.295 e. The number of halogens is 2. The highest BCUT2D eigenvalue weighted by atomic mass is 35.5. The third kappa shape index (κ3) is 4.10. The van der Waals surface area contributed by atoms with Crippen molar-refractivity contribution >= 4 is 34.8 Å². The molecule has 0 spiro atoms. The van der Waals surface area contributed by atoms with E-state index in [1.807, 2.05) is 36.4 Å². The summed E-state index contributed by atoms with van der Waals surface area (Å²) >= 11 is 11.9. The van der Waals surface area contributed by atoms with Crippen molar-refractivity contribution in [2.24, 2.45) is 7.05 Å². The molecule has 0 fully saturated rings. The number of hydrogen-bond donors (Lipinski definition) is 1. The van der Waals surface area contributed by atoms with Gasteiger partial charge in [-0.15, -0.1) is 0 Å². The summed E-state index contributed by atoms with van der Waals surface area (Å²) in [7, 11) is 1.79. The topological polar surface area (TPSA) is 56.0 Å². The predicted octanol–water partition coefficient (Wildman–Crippen LogP) is 4.36. The SMILES string of the molecule is Cc1c(NC(=O)CCc2ccc(Cl)c(Cl)c2)c(=O)n(-c2ccccc2)n1C. The van der Waals surface area contributed by atoms with Crippen molar-refractivity contribution in [1.82, 2.24) is 9.36 Å². The minimum absolute atomic E-state index is 0.230. The van der Waals surface area contributed by atoms with Crippen molar-refractivity contribution in [3.63, 3.8) is 0 Å². The van der Waals surface area contributed by atoms with Crippen LogP contribution < -0.4 is 10.9 Å². The number of rotatable bonds is 5. The first kappa shape index (κ1) is 19.3. The molecular formula is C20H19Cl2N3O2. The zero-order valence-electron chi connectivity index (χ0n) is 15.0. The number of aryl methyl sites for hydroxylation is 1. The van der Waals surface area contributed by atoms with Crippen LogP contribution in [0, 0.1) is 6.92 Å². The maximum absolute atomic E-state index is 12.8. The van der Waals surface area contributed by atoms with Gasteiger partial charge in [0.1, 0.15) is 5.69 Å². The number of nitrogens with zero attached hydrogens (tertiary/aromatic N) is 2. The van der Waals surface area contributed by atoms with Gasteiger partial charge < -0.3 is 5.32 Å². The Morgan fingerprint density at radius 3 is 2.44 bits per heavy atom. The third-order valence-electron chi connectivity index (χ3n) is 4.44. The Labute approximate surface area is 167 Å². The van der Waals surface area contributed by atoms with Gasteiger partial charge in [-0.2, -0.15) is 0 Å². The molecule has 0 saturated heterocycles. The lowest BCUT2D eigenvalue weighted by atomic mass is 10.1. The summed E-state index contributed by atoms with van der Waals surface area (Å²) in [5.41, 5.74) is 2.37. The molecule has 0 radical (unpaired) electrons. The Morgan fingerprint density at radius 2 is 1.78 bits per heavy atom. The third-order valence-corrected chi connectivity index (χ3v) is 5.18. The standard InChI is InChI=1S/C20H19Cl2N3O2/c1-13-19(20(27)25(24(13)2)15-6-4-3-5-7-15)23-18(26)11-9-14-8-10-16(21)17(22)12-14/h3-8,10,12H,9,11H2,1-2H3,(H,23,26). The summed E-state index contributed by atoms with van der Waals surface area (Å²) in [5.74, 6) is -0.230. The molecule has 0 aliphatic carbocycles. The highest BCUT2D eigenvalue weighted by Gasteiger charge is 2.18. The van der Waals surface area contributed by atoms with Crippen molar-refractivity contribution in [2.45, 2.75) is 19.8 Å². The summed E-state index contributed by atoms with van der Waals surface area (Å²) in [6, 6.07) is 14.6. The lowest BCUT2D eigenvalue weighted by molar-refractivity contribution is -0.116. The average Bonchev–Trinajstić information content (AvgIpc) is 2.87. The summed E-state index contributed by atoms with van der Waals surface area (Å²) in [5, 5.41) is 3.69. The second kappa shape index (κ2) is 8.03. The number of anilines is 1. The molecule has 2 aromatic carbocycles. The Morgan fingerprint density at radius 1 is 1.07 bits per heavy atom. The summed E-state index contributed by atoms with van der Waals surface area (Å²) in [4.78, 5) is 25.2. The molecule has 1 amide bonds. The second-order valence-electron chi connectivity index (χ2n) is 6.23. The number of nitrogens with one attached hydrogen (secondary N) is 1. The van der Waals surface area contributed by atoms with Gasteiger partial charge >= 0.3 is 0 Å². The quantitative estimate of drug-likeness (QED) is 0.687. The smallest absolute Gasteiger partial charge is 0.295 e. The lowest BCUT2D eigenvalue weighted by Crippen LogP contribution is -2.23. The number of para-hydroxylation sites is 1. The van der Waals surface area contributed by atoms with E-state index in [4.69, 9.17) is 23.2 Å². The molecule has 1 heterocycles. The number of hydrogen-bond acceptors (Lipinski definition) is 2. The molecule has 0 atom stereocenters. The Bertz CT molecular complexity index is 1040. The maximum atomic E-state index is 12.8. The van der Waals surface area contributed by atoms with Crippen LogP contribution in [0.5, 0.6) is 0 Å². The zero-order valence-corrected chi connectivity index (χ0v) is 16.5. The fraction of sp³-hybridized carbons (Fsp3) is 0.200. The summed E-state index contributed by atoms with van der Waals surface area (Å²) in [6.45, 7) is 1.80. The summed E-state index contributed by atoms with van der Waals surface area (Å²) < 4.78 is 3.26. The average molecular weight is 404 g/mol. The highest BCUT2D eigenvalue weighted by Crippen LogP contribution is 2.23. The van der Waals surface area contributed by atoms with Gasteiger partial charge in [-0.05, 0) is 43.2 Å². The fourth-order valence-electron chi connectivity index (χ4n) is 2.87. The molecule has 0 saturated carbocycles. The van der Waals surface area contributed by atoms with Crippen molar-refractivity contribution in [3.8, 4) is 5.69 Å². The van der Waals surface area contributed by atoms with E-state index in [1.54, 1.807) is 30.8 Å². The number of amides is 1. The predicted molar refractivity (Wildman–Crippen MR) is 109 cm³/mol. The molecule has 0 bridgehead atoms. The van der Waals surface area contributed by atoms with Crippen LogP contribution in [0.15, 0.2) is 53.3 Å². The molecule has 1 aromatic heterocycles. The first-order chi connectivity index (χ1) is 12.9. The van der Waals surface area contributed by atoms with Crippen molar-refractivity contribution in [3.05, 3.63) is 80.2 Å². The molecule has 0 aliphatic rings. The van der Waals surface area contributed by atoms with Gasteiger partial charge in [-0.1, -0.05) is 47.5 Å². The van der Waals surface area contributed by atoms with Crippen molar-refractivity contribution in [2.75, 3.05) is 5.32 Å². The Balaban J connectivity index is 1.76. The van der Waals surface area contributed by atoms with Crippen LogP contribution in [0.25, 0.3) is 5.69 Å². The molecule has 140 valence electrons. The second-order valence-corrected chi connectivity index (χ2v) is 7.05. The van der Waals surface area contributed by atoms with E-state index < -0.39 is 0 Å². The van der Waals surface area contributed by atoms with E-state index in [0.717, 1.165) is 11.3 Å². The van der Waals surface area contributed by atoms with E-state index in [-0.39, 0.29) is 17.9 Å². The minimum Gasteiger partial charge on any atom is -0.320 e. The van der Waals surface area contributed by atoms with Crippen LogP contribution in [0.2, 0.25) is 10.0 Å². The van der Waals surface area contributed by atoms with E-state index in [0.29, 0.717) is 27.8 Å². The van der Waals surface area contributed by atoms with Gasteiger partial charge in [-0.3, -0.25) is 14.3 Å². The zero-order chi connectivity index (χ0) is 19.6. The van der Waals surface area contributed by atoms with Crippen LogP contribution in [-0.2, 0) is 18.3 Å². The molecule has 1 N–H and O–H groups in total. The van der Waals surface area contributed by atoms with E-state index in [2.05, 4.69) is 5.32 Å². The van der Waals surface area contributed by atoms with Crippen LogP contribution in [0.3, 0.4) is 0 Å². The molecule has 3 rings (SSSR count). The molecule has 0 aliphatic heterocycles. The largest absolute Gasteiger partial charge is 0.320 e. The molecule has 0 unspecified atom stereocenters. The van der Waals surface area contributed by atoms with Crippen LogP contribution >= 0.6 is 23.2 Å². The van der Waals surface area contributed by atoms with Gasteiger partial charge in [0.05, 0.1) is 21.4 Å². The van der Waals surface area contributed by atoms with Gasteiger partial charge in [0.25, 0.3) is 5.56 Å². The molecule has 5 nitrogen and oxygen atoms in total. The van der Waals surface area contributed by atoms with E-state index in [9.17, 15) is 9.59 Å². The molecule has 27 heavy (non-hydrogen) atoms. The molecule has 3 aromatic rings. The number of benzene rings is 2. The molecule has 7 heteroatoms. The lowest BCUT2D eigenvalue weighted by Gasteiger charge is -2.07. The number of aromatic nitrogens is 2. The fourth-order valence-corrected chi connectivity index (χ4v) is 3.19. The minimum atomic E-state index is -0.260. The number of carbonyl (C=O) groups is 1. The van der Waals surface area contributed by atoms with E-state index in [1.165, 1.54) is 4.68 Å². The van der Waals surface area contributed by atoms with E-state index >= 15 is 0 Å². The van der Waals surface area contributed by atoms with Crippen LogP contribution in [-0.4, -0.2) is 15.3 Å². The number of carbonyl (C=O) groups excluding carboxylic acids is 1. The van der Waals surface area contributed by atoms with Crippen molar-refractivity contribution < 1.29 is 4.79 Å². The van der Waals surface area contributed by atoms with Gasteiger partial charge in [0, 0.05) is 13.5 Å². The van der Waals surface area contributed by atoms with Crippen molar-refractivity contribution in [1.29, 1.82) is 0 Å². The Hall–Kier alpha value is -2.50. The van der Waals surface area contributed by atoms with Gasteiger partial charge in [0.2, 0.25) is 5.91 Å². The normalized spacial score (nSPS) is 10.8. The first-order valence-corrected chi connectivity index (χ1v) is 9.22. The van der Waals surface area contributed by atoms with Crippen LogP contribution in [0.1, 0.15) is 17.7 Å². The Kier molecular flexibility index (Phi) is 5.73. The highest BCUT2D eigenvalue weighted by molar-refractivity contribution is 6.42. The molecular weight excluding hydrogens is 385 g/mol. The van der Waals surface area contributed by atoms with Crippen LogP contribution in [0.4, 0.5) is 5.69 Å².